The average molecular weight is 352 g/mol. The molecule has 2 N–H and O–H groups in total. The predicted molar refractivity (Wildman–Crippen MR) is 98.7 cm³/mol. The molecule has 0 spiro atoms. The van der Waals surface area contributed by atoms with Crippen LogP contribution in [0.1, 0.15) is 31.2 Å². The van der Waals surface area contributed by atoms with Gasteiger partial charge in [0.15, 0.2) is 0 Å². The summed E-state index contributed by atoms with van der Waals surface area (Å²) in [6.45, 7) is 3.20. The Morgan fingerprint density at radius 3 is 2.62 bits per heavy atom. The molecule has 0 radical (unpaired) electrons. The van der Waals surface area contributed by atoms with Crippen molar-refractivity contribution < 1.29 is 4.79 Å². The molecule has 3 aromatic rings. The molecule has 0 saturated carbocycles. The van der Waals surface area contributed by atoms with E-state index in [2.05, 4.69) is 9.97 Å². The lowest BCUT2D eigenvalue weighted by atomic mass is 9.89. The van der Waals surface area contributed by atoms with E-state index >= 15 is 0 Å². The molecule has 3 heterocycles. The quantitative estimate of drug-likeness (QED) is 0.736. The number of piperidine rings is 1. The number of likely N-dealkylation sites (tertiary alicyclic amines) is 1. The smallest absolute Gasteiger partial charge is 0.332 e. The standard InChI is InChI=1S/C19H20N4O3/c1-12(24)22-7-4-13(5-8-22)16-11-20-17-10-14(2-3-15(16)17)23-9-6-18(25)21-19(23)26/h2-3,6,9-11,13,20H,4-5,7-8H2,1H3,(H,21,25,26). The van der Waals surface area contributed by atoms with Crippen LogP contribution in [0, 0.1) is 0 Å². The van der Waals surface area contributed by atoms with Gasteiger partial charge in [0.1, 0.15) is 0 Å². The van der Waals surface area contributed by atoms with Crippen LogP contribution in [0.2, 0.25) is 0 Å². The number of hydrogen-bond donors (Lipinski definition) is 2. The zero-order valence-corrected chi connectivity index (χ0v) is 14.5. The van der Waals surface area contributed by atoms with E-state index in [1.165, 1.54) is 22.4 Å². The molecule has 7 heteroatoms. The van der Waals surface area contributed by atoms with Gasteiger partial charge >= 0.3 is 5.69 Å². The van der Waals surface area contributed by atoms with Crippen molar-refractivity contribution in [3.05, 3.63) is 63.1 Å². The van der Waals surface area contributed by atoms with E-state index in [1.54, 1.807) is 6.92 Å². The fraction of sp³-hybridized carbons (Fsp3) is 0.316. The summed E-state index contributed by atoms with van der Waals surface area (Å²) >= 11 is 0. The van der Waals surface area contributed by atoms with Crippen molar-refractivity contribution in [2.45, 2.75) is 25.7 Å². The summed E-state index contributed by atoms with van der Waals surface area (Å²) in [7, 11) is 0. The number of aromatic amines is 2. The van der Waals surface area contributed by atoms with Crippen molar-refractivity contribution in [2.24, 2.45) is 0 Å². The first kappa shape index (κ1) is 16.4. The van der Waals surface area contributed by atoms with Crippen LogP contribution in [0.15, 0.2) is 46.2 Å². The first-order chi connectivity index (χ1) is 12.5. The van der Waals surface area contributed by atoms with Crippen molar-refractivity contribution in [3.8, 4) is 5.69 Å². The number of nitrogens with one attached hydrogen (secondary N) is 2. The van der Waals surface area contributed by atoms with Gasteiger partial charge in [-0.3, -0.25) is 19.1 Å². The molecule has 134 valence electrons. The average Bonchev–Trinajstić information content (AvgIpc) is 3.05. The maximum absolute atomic E-state index is 12.0. The normalized spacial score (nSPS) is 15.5. The Morgan fingerprint density at radius 1 is 1.15 bits per heavy atom. The van der Waals surface area contributed by atoms with Gasteiger partial charge in [-0.15, -0.1) is 0 Å². The topological polar surface area (TPSA) is 91.0 Å². The van der Waals surface area contributed by atoms with Gasteiger partial charge in [-0.05, 0) is 36.5 Å². The maximum atomic E-state index is 12.0. The number of fused-ring (bicyclic) bond motifs is 1. The van der Waals surface area contributed by atoms with Gasteiger partial charge < -0.3 is 9.88 Å². The third-order valence-electron chi connectivity index (χ3n) is 5.18. The molecular weight excluding hydrogens is 332 g/mol. The number of H-pyrrole nitrogens is 2. The Hall–Kier alpha value is -3.09. The van der Waals surface area contributed by atoms with Gasteiger partial charge in [-0.2, -0.15) is 0 Å². The van der Waals surface area contributed by atoms with E-state index in [4.69, 9.17) is 0 Å². The minimum Gasteiger partial charge on any atom is -0.361 e. The number of nitrogens with zero attached hydrogens (tertiary/aromatic N) is 2. The number of carbonyl (C=O) groups is 1. The van der Waals surface area contributed by atoms with Crippen LogP contribution in [-0.2, 0) is 4.79 Å². The van der Waals surface area contributed by atoms with E-state index in [0.717, 1.165) is 36.8 Å². The van der Waals surface area contributed by atoms with Crippen molar-refractivity contribution in [3.63, 3.8) is 0 Å². The monoisotopic (exact) mass is 352 g/mol. The van der Waals surface area contributed by atoms with Crippen LogP contribution in [0.4, 0.5) is 0 Å². The second-order valence-corrected chi connectivity index (χ2v) is 6.73. The van der Waals surface area contributed by atoms with Crippen LogP contribution in [0.5, 0.6) is 0 Å². The number of amides is 1. The zero-order valence-electron chi connectivity index (χ0n) is 14.5. The van der Waals surface area contributed by atoms with Crippen molar-refractivity contribution in [1.29, 1.82) is 0 Å². The highest BCUT2D eigenvalue weighted by molar-refractivity contribution is 5.85. The lowest BCUT2D eigenvalue weighted by Crippen LogP contribution is -2.36. The van der Waals surface area contributed by atoms with Crippen LogP contribution in [-0.4, -0.2) is 38.4 Å². The Bertz CT molecular complexity index is 1080. The molecule has 26 heavy (non-hydrogen) atoms. The lowest BCUT2D eigenvalue weighted by Gasteiger charge is -2.31. The van der Waals surface area contributed by atoms with Gasteiger partial charge in [0, 0.05) is 49.4 Å². The van der Waals surface area contributed by atoms with E-state index in [1.807, 2.05) is 29.3 Å². The van der Waals surface area contributed by atoms with E-state index in [9.17, 15) is 14.4 Å². The largest absolute Gasteiger partial charge is 0.361 e. The van der Waals surface area contributed by atoms with Gasteiger partial charge in [-0.25, -0.2) is 4.79 Å². The maximum Gasteiger partial charge on any atom is 0.332 e. The van der Waals surface area contributed by atoms with E-state index in [0.29, 0.717) is 11.6 Å². The van der Waals surface area contributed by atoms with E-state index < -0.39 is 11.2 Å². The van der Waals surface area contributed by atoms with Crippen molar-refractivity contribution in [1.82, 2.24) is 19.4 Å². The number of aromatic nitrogens is 3. The second kappa shape index (κ2) is 6.33. The van der Waals surface area contributed by atoms with Crippen LogP contribution >= 0.6 is 0 Å². The fourth-order valence-electron chi connectivity index (χ4n) is 3.75. The molecule has 1 aliphatic heterocycles. The van der Waals surface area contributed by atoms with Gasteiger partial charge in [0.05, 0.1) is 5.69 Å². The molecule has 0 aliphatic carbocycles. The molecular formula is C19H20N4O3. The minimum absolute atomic E-state index is 0.137. The first-order valence-electron chi connectivity index (χ1n) is 8.72. The van der Waals surface area contributed by atoms with Gasteiger partial charge in [0.2, 0.25) is 5.91 Å². The van der Waals surface area contributed by atoms with Crippen molar-refractivity contribution >= 4 is 16.8 Å². The number of rotatable bonds is 2. The first-order valence-corrected chi connectivity index (χ1v) is 8.72. The van der Waals surface area contributed by atoms with Gasteiger partial charge in [0.25, 0.3) is 5.56 Å². The van der Waals surface area contributed by atoms with Crippen LogP contribution < -0.4 is 11.2 Å². The number of carbonyl (C=O) groups excluding carboxylic acids is 1. The summed E-state index contributed by atoms with van der Waals surface area (Å²) in [4.78, 5) is 42.2. The minimum atomic E-state index is -0.458. The highest BCUT2D eigenvalue weighted by Gasteiger charge is 2.23. The van der Waals surface area contributed by atoms with Crippen LogP contribution in [0.25, 0.3) is 16.6 Å². The third-order valence-corrected chi connectivity index (χ3v) is 5.18. The molecule has 1 aliphatic rings. The van der Waals surface area contributed by atoms with Gasteiger partial charge in [-0.1, -0.05) is 6.07 Å². The molecule has 0 atom stereocenters. The highest BCUT2D eigenvalue weighted by atomic mass is 16.2. The SMILES string of the molecule is CC(=O)N1CCC(c2c[nH]c3cc(-n4ccc(=O)[nH]c4=O)ccc23)CC1. The zero-order chi connectivity index (χ0) is 18.3. The molecule has 0 bridgehead atoms. The summed E-state index contributed by atoms with van der Waals surface area (Å²) in [6, 6.07) is 7.12. The Morgan fingerprint density at radius 2 is 1.92 bits per heavy atom. The fourth-order valence-corrected chi connectivity index (χ4v) is 3.75. The highest BCUT2D eigenvalue weighted by Crippen LogP contribution is 2.33. The molecule has 1 amide bonds. The molecule has 1 aromatic carbocycles. The predicted octanol–water partition coefficient (Wildman–Crippen LogP) is 1.73. The molecule has 7 nitrogen and oxygen atoms in total. The lowest BCUT2D eigenvalue weighted by molar-refractivity contribution is -0.129. The van der Waals surface area contributed by atoms with Crippen molar-refractivity contribution in [2.75, 3.05) is 13.1 Å². The summed E-state index contributed by atoms with van der Waals surface area (Å²) in [5, 5.41) is 1.13. The summed E-state index contributed by atoms with van der Waals surface area (Å²) in [5.74, 6) is 0.555. The Labute approximate surface area is 149 Å². The summed E-state index contributed by atoms with van der Waals surface area (Å²) in [5.41, 5.74) is 2.03. The molecule has 1 saturated heterocycles. The Balaban J connectivity index is 1.65. The number of hydrogen-bond acceptors (Lipinski definition) is 3. The Kier molecular flexibility index (Phi) is 3.99. The van der Waals surface area contributed by atoms with E-state index in [-0.39, 0.29) is 5.91 Å². The second-order valence-electron chi connectivity index (χ2n) is 6.73. The third kappa shape index (κ3) is 2.85. The number of benzene rings is 1. The van der Waals surface area contributed by atoms with Crippen LogP contribution in [0.3, 0.4) is 0 Å². The summed E-state index contributed by atoms with van der Waals surface area (Å²) in [6.07, 6.45) is 5.41. The molecule has 4 rings (SSSR count). The molecule has 0 unspecified atom stereocenters. The molecule has 1 fully saturated rings. The molecule has 2 aromatic heterocycles. The summed E-state index contributed by atoms with van der Waals surface area (Å²) < 4.78 is 1.41.